The molecule has 0 radical (unpaired) electrons. The number of carbonyl (C=O) groups is 1. The van der Waals surface area contributed by atoms with Crippen LogP contribution in [0, 0.1) is 19.8 Å². The van der Waals surface area contributed by atoms with Crippen molar-refractivity contribution in [2.24, 2.45) is 5.92 Å². The number of benzene rings is 1. The second-order valence-electron chi connectivity index (χ2n) is 5.38. The second kappa shape index (κ2) is 3.95. The van der Waals surface area contributed by atoms with Crippen LogP contribution in [-0.2, 0) is 4.74 Å². The van der Waals surface area contributed by atoms with E-state index in [4.69, 9.17) is 4.74 Å². The summed E-state index contributed by atoms with van der Waals surface area (Å²) >= 11 is 0. The Labute approximate surface area is 102 Å². The first kappa shape index (κ1) is 11.0. The SMILES string of the molecule is Cc1ccc(C(=O)C2CC3CCC2O3)cc1C. The minimum atomic E-state index is 0.107. The number of carbonyl (C=O) groups excluding carboxylic acids is 1. The summed E-state index contributed by atoms with van der Waals surface area (Å²) in [5.74, 6) is 0.385. The molecule has 17 heavy (non-hydrogen) atoms. The molecule has 0 aromatic heterocycles. The van der Waals surface area contributed by atoms with E-state index in [0.717, 1.165) is 24.8 Å². The predicted molar refractivity (Wildman–Crippen MR) is 66.2 cm³/mol. The van der Waals surface area contributed by atoms with Crippen LogP contribution in [0.25, 0.3) is 0 Å². The highest BCUT2D eigenvalue weighted by Crippen LogP contribution is 2.40. The van der Waals surface area contributed by atoms with Crippen LogP contribution in [0.2, 0.25) is 0 Å². The van der Waals surface area contributed by atoms with Gasteiger partial charge in [-0.25, -0.2) is 0 Å². The zero-order chi connectivity index (χ0) is 12.0. The van der Waals surface area contributed by atoms with Gasteiger partial charge in [0.1, 0.15) is 0 Å². The lowest BCUT2D eigenvalue weighted by molar-refractivity contribution is 0.0743. The van der Waals surface area contributed by atoms with Gasteiger partial charge in [0.25, 0.3) is 0 Å². The Morgan fingerprint density at radius 2 is 2.06 bits per heavy atom. The van der Waals surface area contributed by atoms with Gasteiger partial charge in [0, 0.05) is 5.56 Å². The first-order valence-electron chi connectivity index (χ1n) is 6.42. The summed E-state index contributed by atoms with van der Waals surface area (Å²) in [6.45, 7) is 4.13. The van der Waals surface area contributed by atoms with E-state index in [1.807, 2.05) is 18.2 Å². The Morgan fingerprint density at radius 3 is 2.65 bits per heavy atom. The van der Waals surface area contributed by atoms with Crippen LogP contribution in [0.15, 0.2) is 18.2 Å². The van der Waals surface area contributed by atoms with Crippen LogP contribution in [-0.4, -0.2) is 18.0 Å². The smallest absolute Gasteiger partial charge is 0.168 e. The molecule has 0 spiro atoms. The van der Waals surface area contributed by atoms with E-state index in [0.29, 0.717) is 6.10 Å². The van der Waals surface area contributed by atoms with Crippen LogP contribution in [0.1, 0.15) is 40.7 Å². The van der Waals surface area contributed by atoms with Gasteiger partial charge in [-0.15, -0.1) is 0 Å². The van der Waals surface area contributed by atoms with Gasteiger partial charge in [0.05, 0.1) is 18.1 Å². The molecule has 0 aliphatic carbocycles. The molecule has 3 unspecified atom stereocenters. The first-order valence-corrected chi connectivity index (χ1v) is 6.42. The maximum Gasteiger partial charge on any atom is 0.168 e. The van der Waals surface area contributed by atoms with E-state index in [-0.39, 0.29) is 17.8 Å². The van der Waals surface area contributed by atoms with Gasteiger partial charge in [-0.1, -0.05) is 12.1 Å². The van der Waals surface area contributed by atoms with Crippen molar-refractivity contribution in [3.05, 3.63) is 34.9 Å². The fraction of sp³-hybridized carbons (Fsp3) is 0.533. The maximum absolute atomic E-state index is 12.4. The zero-order valence-corrected chi connectivity index (χ0v) is 10.4. The van der Waals surface area contributed by atoms with Gasteiger partial charge in [0.2, 0.25) is 0 Å². The van der Waals surface area contributed by atoms with Gasteiger partial charge in [0.15, 0.2) is 5.78 Å². The Morgan fingerprint density at radius 1 is 1.24 bits per heavy atom. The molecular formula is C15H18O2. The molecule has 3 rings (SSSR count). The monoisotopic (exact) mass is 230 g/mol. The lowest BCUT2D eigenvalue weighted by Crippen LogP contribution is -2.25. The summed E-state index contributed by atoms with van der Waals surface area (Å²) in [6.07, 6.45) is 3.67. The molecule has 2 nitrogen and oxygen atoms in total. The van der Waals surface area contributed by atoms with Crippen LogP contribution in [0.4, 0.5) is 0 Å². The quantitative estimate of drug-likeness (QED) is 0.730. The Hall–Kier alpha value is -1.15. The standard InChI is InChI=1S/C15H18O2/c1-9-3-4-11(7-10(9)2)15(16)13-8-12-5-6-14(13)17-12/h3-4,7,12-14H,5-6,8H2,1-2H3. The zero-order valence-electron chi connectivity index (χ0n) is 10.4. The summed E-state index contributed by atoms with van der Waals surface area (Å²) in [6, 6.07) is 6.01. The second-order valence-corrected chi connectivity index (χ2v) is 5.38. The lowest BCUT2D eigenvalue weighted by Gasteiger charge is -2.17. The third-order valence-corrected chi connectivity index (χ3v) is 4.23. The Balaban J connectivity index is 1.84. The van der Waals surface area contributed by atoms with E-state index in [9.17, 15) is 4.79 Å². The first-order chi connectivity index (χ1) is 8.15. The number of fused-ring (bicyclic) bond motifs is 2. The van der Waals surface area contributed by atoms with E-state index < -0.39 is 0 Å². The van der Waals surface area contributed by atoms with Crippen molar-refractivity contribution < 1.29 is 9.53 Å². The minimum Gasteiger partial charge on any atom is -0.374 e. The highest BCUT2D eigenvalue weighted by atomic mass is 16.5. The number of ketones is 1. The Bertz CT molecular complexity index is 464. The van der Waals surface area contributed by atoms with Crippen LogP contribution in [0.5, 0.6) is 0 Å². The minimum absolute atomic E-state index is 0.107. The molecule has 1 aromatic rings. The normalized spacial score (nSPS) is 30.8. The molecule has 90 valence electrons. The van der Waals surface area contributed by atoms with E-state index >= 15 is 0 Å². The molecule has 3 atom stereocenters. The van der Waals surface area contributed by atoms with Crippen molar-refractivity contribution in [1.29, 1.82) is 0 Å². The summed E-state index contributed by atoms with van der Waals surface area (Å²) in [4.78, 5) is 12.4. The third-order valence-electron chi connectivity index (χ3n) is 4.23. The van der Waals surface area contributed by atoms with Crippen LogP contribution in [0.3, 0.4) is 0 Å². The average Bonchev–Trinajstić information content (AvgIpc) is 2.93. The summed E-state index contributed by atoms with van der Waals surface area (Å²) in [7, 11) is 0. The molecule has 2 bridgehead atoms. The average molecular weight is 230 g/mol. The summed E-state index contributed by atoms with van der Waals surface area (Å²) < 4.78 is 5.76. The van der Waals surface area contributed by atoms with E-state index in [2.05, 4.69) is 13.8 Å². The van der Waals surface area contributed by atoms with E-state index in [1.54, 1.807) is 0 Å². The highest BCUT2D eigenvalue weighted by molar-refractivity contribution is 5.98. The molecule has 2 heterocycles. The highest BCUT2D eigenvalue weighted by Gasteiger charge is 2.44. The molecule has 0 amide bonds. The van der Waals surface area contributed by atoms with Crippen molar-refractivity contribution in [3.63, 3.8) is 0 Å². The number of ether oxygens (including phenoxy) is 1. The van der Waals surface area contributed by atoms with Crippen molar-refractivity contribution in [3.8, 4) is 0 Å². The molecule has 2 saturated heterocycles. The number of rotatable bonds is 2. The molecule has 2 fully saturated rings. The summed E-state index contributed by atoms with van der Waals surface area (Å²) in [5.41, 5.74) is 3.29. The van der Waals surface area contributed by atoms with Gasteiger partial charge in [-0.2, -0.15) is 0 Å². The fourth-order valence-corrected chi connectivity index (χ4v) is 3.02. The topological polar surface area (TPSA) is 26.3 Å². The number of Topliss-reactive ketones (excluding diaryl/α,β-unsaturated/α-hetero) is 1. The van der Waals surface area contributed by atoms with Crippen molar-refractivity contribution in [1.82, 2.24) is 0 Å². The van der Waals surface area contributed by atoms with Gasteiger partial charge < -0.3 is 4.74 Å². The molecule has 2 aliphatic rings. The predicted octanol–water partition coefficient (Wildman–Crippen LogP) is 3.05. The fourth-order valence-electron chi connectivity index (χ4n) is 3.02. The van der Waals surface area contributed by atoms with E-state index in [1.165, 1.54) is 11.1 Å². The van der Waals surface area contributed by atoms with Gasteiger partial charge in [-0.05, 0) is 50.3 Å². The molecule has 0 N–H and O–H groups in total. The summed E-state index contributed by atoms with van der Waals surface area (Å²) in [5, 5.41) is 0. The molecule has 1 aromatic carbocycles. The van der Waals surface area contributed by atoms with Crippen molar-refractivity contribution in [2.45, 2.75) is 45.3 Å². The largest absolute Gasteiger partial charge is 0.374 e. The van der Waals surface area contributed by atoms with Gasteiger partial charge >= 0.3 is 0 Å². The van der Waals surface area contributed by atoms with Crippen LogP contribution >= 0.6 is 0 Å². The third kappa shape index (κ3) is 1.81. The number of aryl methyl sites for hydroxylation is 2. The molecule has 2 aliphatic heterocycles. The number of hydrogen-bond donors (Lipinski definition) is 0. The molecular weight excluding hydrogens is 212 g/mol. The van der Waals surface area contributed by atoms with Crippen LogP contribution < -0.4 is 0 Å². The van der Waals surface area contributed by atoms with Crippen molar-refractivity contribution >= 4 is 5.78 Å². The molecule has 0 saturated carbocycles. The number of hydrogen-bond acceptors (Lipinski definition) is 2. The maximum atomic E-state index is 12.4. The Kier molecular flexibility index (Phi) is 2.55. The molecule has 2 heteroatoms. The van der Waals surface area contributed by atoms with Gasteiger partial charge in [-0.3, -0.25) is 4.79 Å². The lowest BCUT2D eigenvalue weighted by atomic mass is 9.83. The van der Waals surface area contributed by atoms with Crippen molar-refractivity contribution in [2.75, 3.05) is 0 Å².